The molecule has 2 N–H and O–H groups in total. The number of hydrogen-bond acceptors (Lipinski definition) is 4. The van der Waals surface area contributed by atoms with Gasteiger partial charge in [0.05, 0.1) is 0 Å². The lowest BCUT2D eigenvalue weighted by atomic mass is 10.2. The van der Waals surface area contributed by atoms with E-state index in [-0.39, 0.29) is 18.8 Å². The normalized spacial score (nSPS) is 11.2. The minimum Gasteiger partial charge on any atom is -0.484 e. The van der Waals surface area contributed by atoms with Crippen LogP contribution >= 0.6 is 0 Å². The smallest absolute Gasteiger partial charge is 0.422 e. The third-order valence-electron chi connectivity index (χ3n) is 3.03. The molecule has 0 saturated heterocycles. The predicted octanol–water partition coefficient (Wildman–Crippen LogP) is 0.794. The van der Waals surface area contributed by atoms with E-state index in [4.69, 9.17) is 0 Å². The van der Waals surface area contributed by atoms with Gasteiger partial charge in [-0.25, -0.2) is 4.79 Å². The van der Waals surface area contributed by atoms with Crippen molar-refractivity contribution in [3.63, 3.8) is 0 Å². The van der Waals surface area contributed by atoms with Crippen LogP contribution in [0.4, 0.5) is 13.2 Å². The fourth-order valence-corrected chi connectivity index (χ4v) is 1.85. The van der Waals surface area contributed by atoms with E-state index >= 15 is 0 Å². The molecule has 134 valence electrons. The van der Waals surface area contributed by atoms with Gasteiger partial charge in [-0.3, -0.25) is 19.1 Å². The van der Waals surface area contributed by atoms with Crippen molar-refractivity contribution in [3.8, 4) is 5.75 Å². The molecule has 0 aliphatic heterocycles. The number of alkyl halides is 3. The summed E-state index contributed by atoms with van der Waals surface area (Å²) in [5, 5.41) is 2.55. The molecule has 10 heteroatoms. The number of nitrogens with zero attached hydrogens (tertiary/aromatic N) is 1. The molecule has 2 aromatic rings. The van der Waals surface area contributed by atoms with Crippen LogP contribution in [0.25, 0.3) is 0 Å². The molecule has 0 bridgehead atoms. The first-order chi connectivity index (χ1) is 11.7. The molecule has 0 spiro atoms. The third-order valence-corrected chi connectivity index (χ3v) is 3.03. The van der Waals surface area contributed by atoms with E-state index in [0.717, 1.165) is 10.6 Å². The standard InChI is InChI=1S/C15H14F3N3O4/c16-15(17,18)9-25-11-3-1-10(2-4-11)7-19-13(23)8-21-6-5-12(22)20-14(21)24/h1-6H,7-9H2,(H,19,23)(H,20,22,24). The molecule has 0 saturated carbocycles. The topological polar surface area (TPSA) is 93.2 Å². The number of carbonyl (C=O) groups excluding carboxylic acids is 1. The molecule has 0 aliphatic rings. The second-order valence-electron chi connectivity index (χ2n) is 5.06. The Kier molecular flexibility index (Phi) is 5.63. The largest absolute Gasteiger partial charge is 0.484 e. The summed E-state index contributed by atoms with van der Waals surface area (Å²) in [5.41, 5.74) is -0.621. The zero-order chi connectivity index (χ0) is 18.4. The fraction of sp³-hybridized carbons (Fsp3) is 0.267. The van der Waals surface area contributed by atoms with Crippen molar-refractivity contribution < 1.29 is 22.7 Å². The number of aromatic nitrogens is 2. The highest BCUT2D eigenvalue weighted by atomic mass is 19.4. The maximum Gasteiger partial charge on any atom is 0.422 e. The van der Waals surface area contributed by atoms with Crippen molar-refractivity contribution in [2.45, 2.75) is 19.3 Å². The zero-order valence-electron chi connectivity index (χ0n) is 12.8. The number of nitrogens with one attached hydrogen (secondary N) is 2. The van der Waals surface area contributed by atoms with Crippen LogP contribution in [0.3, 0.4) is 0 Å². The Morgan fingerprint density at radius 3 is 2.44 bits per heavy atom. The van der Waals surface area contributed by atoms with Crippen molar-refractivity contribution in [2.75, 3.05) is 6.61 Å². The SMILES string of the molecule is O=C(Cn1ccc(=O)[nH]c1=O)NCc1ccc(OCC(F)(F)F)cc1. The number of aromatic amines is 1. The van der Waals surface area contributed by atoms with Crippen LogP contribution < -0.4 is 21.3 Å². The molecular formula is C15H14F3N3O4. The molecule has 1 aromatic carbocycles. The number of rotatable bonds is 6. The van der Waals surface area contributed by atoms with Gasteiger partial charge in [0.1, 0.15) is 12.3 Å². The van der Waals surface area contributed by atoms with Crippen molar-refractivity contribution in [3.05, 3.63) is 62.9 Å². The highest BCUT2D eigenvalue weighted by Gasteiger charge is 2.28. The number of hydrogen-bond donors (Lipinski definition) is 2. The van der Waals surface area contributed by atoms with Gasteiger partial charge < -0.3 is 10.1 Å². The van der Waals surface area contributed by atoms with Gasteiger partial charge in [0.25, 0.3) is 5.56 Å². The molecule has 7 nitrogen and oxygen atoms in total. The minimum atomic E-state index is -4.41. The van der Waals surface area contributed by atoms with E-state index in [0.29, 0.717) is 5.56 Å². The average molecular weight is 357 g/mol. The highest BCUT2D eigenvalue weighted by Crippen LogP contribution is 2.18. The van der Waals surface area contributed by atoms with Gasteiger partial charge in [-0.05, 0) is 17.7 Å². The number of amides is 1. The Balaban J connectivity index is 1.85. The molecule has 25 heavy (non-hydrogen) atoms. The Hall–Kier alpha value is -3.04. The molecule has 0 atom stereocenters. The lowest BCUT2D eigenvalue weighted by Gasteiger charge is -2.10. The van der Waals surface area contributed by atoms with E-state index in [1.54, 1.807) is 0 Å². The fourth-order valence-electron chi connectivity index (χ4n) is 1.85. The van der Waals surface area contributed by atoms with Gasteiger partial charge >= 0.3 is 11.9 Å². The number of carbonyl (C=O) groups is 1. The van der Waals surface area contributed by atoms with Gasteiger partial charge in [-0.1, -0.05) is 12.1 Å². The Bertz CT molecular complexity index is 841. The van der Waals surface area contributed by atoms with Crippen LogP contribution in [0, 0.1) is 0 Å². The second-order valence-corrected chi connectivity index (χ2v) is 5.06. The molecule has 1 heterocycles. The van der Waals surface area contributed by atoms with Gasteiger partial charge in [0.2, 0.25) is 5.91 Å². The number of ether oxygens (including phenoxy) is 1. The van der Waals surface area contributed by atoms with Crippen molar-refractivity contribution in [2.24, 2.45) is 0 Å². The van der Waals surface area contributed by atoms with Crippen LogP contribution in [0.5, 0.6) is 5.75 Å². The van der Waals surface area contributed by atoms with E-state index in [9.17, 15) is 27.6 Å². The van der Waals surface area contributed by atoms with Crippen LogP contribution in [-0.4, -0.2) is 28.2 Å². The lowest BCUT2D eigenvalue weighted by molar-refractivity contribution is -0.153. The summed E-state index contributed by atoms with van der Waals surface area (Å²) < 4.78 is 41.7. The molecular weight excluding hydrogens is 343 g/mol. The summed E-state index contributed by atoms with van der Waals surface area (Å²) >= 11 is 0. The molecule has 0 radical (unpaired) electrons. The minimum absolute atomic E-state index is 0.0622. The van der Waals surface area contributed by atoms with Crippen LogP contribution in [0.1, 0.15) is 5.56 Å². The van der Waals surface area contributed by atoms with E-state index in [1.807, 2.05) is 4.98 Å². The summed E-state index contributed by atoms with van der Waals surface area (Å²) in [4.78, 5) is 36.2. The Morgan fingerprint density at radius 2 is 1.84 bits per heavy atom. The summed E-state index contributed by atoms with van der Waals surface area (Å²) in [6.07, 6.45) is -3.21. The van der Waals surface area contributed by atoms with Crippen LogP contribution in [-0.2, 0) is 17.9 Å². The van der Waals surface area contributed by atoms with E-state index in [2.05, 4.69) is 10.1 Å². The van der Waals surface area contributed by atoms with Gasteiger partial charge in [0.15, 0.2) is 6.61 Å². The monoisotopic (exact) mass is 357 g/mol. The maximum atomic E-state index is 12.0. The summed E-state index contributed by atoms with van der Waals surface area (Å²) in [6, 6.07) is 6.87. The first-order valence-electron chi connectivity index (χ1n) is 7.08. The van der Waals surface area contributed by atoms with Gasteiger partial charge in [0, 0.05) is 18.8 Å². The molecule has 1 amide bonds. The maximum absolute atomic E-state index is 12.0. The van der Waals surface area contributed by atoms with Gasteiger partial charge in [-0.2, -0.15) is 13.2 Å². The highest BCUT2D eigenvalue weighted by molar-refractivity contribution is 5.75. The average Bonchev–Trinajstić information content (AvgIpc) is 2.54. The Morgan fingerprint density at radius 1 is 1.16 bits per heavy atom. The second kappa shape index (κ2) is 7.69. The van der Waals surface area contributed by atoms with Crippen LogP contribution in [0.15, 0.2) is 46.1 Å². The van der Waals surface area contributed by atoms with Crippen molar-refractivity contribution in [1.82, 2.24) is 14.9 Å². The van der Waals surface area contributed by atoms with Crippen molar-refractivity contribution >= 4 is 5.91 Å². The lowest BCUT2D eigenvalue weighted by Crippen LogP contribution is -2.35. The van der Waals surface area contributed by atoms with E-state index in [1.165, 1.54) is 30.5 Å². The first-order valence-corrected chi connectivity index (χ1v) is 7.08. The summed E-state index contributed by atoms with van der Waals surface area (Å²) in [7, 11) is 0. The molecule has 0 unspecified atom stereocenters. The predicted molar refractivity (Wildman–Crippen MR) is 81.2 cm³/mol. The molecule has 1 aromatic heterocycles. The van der Waals surface area contributed by atoms with Crippen molar-refractivity contribution in [1.29, 1.82) is 0 Å². The summed E-state index contributed by atoms with van der Waals surface area (Å²) in [5.74, 6) is -0.404. The quantitative estimate of drug-likeness (QED) is 0.800. The number of H-pyrrole nitrogens is 1. The third kappa shape index (κ3) is 6.16. The first kappa shape index (κ1) is 18.3. The molecule has 2 rings (SSSR count). The molecule has 0 aliphatic carbocycles. The summed E-state index contributed by atoms with van der Waals surface area (Å²) in [6.45, 7) is -1.53. The van der Waals surface area contributed by atoms with Gasteiger partial charge in [-0.15, -0.1) is 0 Å². The van der Waals surface area contributed by atoms with Crippen LogP contribution in [0.2, 0.25) is 0 Å². The number of halogens is 3. The zero-order valence-corrected chi connectivity index (χ0v) is 12.8. The van der Waals surface area contributed by atoms with E-state index < -0.39 is 29.9 Å². The Labute approximate surface area is 139 Å². The molecule has 0 fully saturated rings. The number of benzene rings is 1.